The second-order valence-corrected chi connectivity index (χ2v) is 6.39. The molecule has 2 aromatic carbocycles. The number of methoxy groups -OCH3 is 2. The molecule has 0 saturated heterocycles. The smallest absolute Gasteiger partial charge is 0.203 e. The molecule has 0 radical (unpaired) electrons. The van der Waals surface area contributed by atoms with Crippen molar-refractivity contribution in [1.82, 2.24) is 10.6 Å². The number of nitrogens with one attached hydrogen (secondary N) is 2. The summed E-state index contributed by atoms with van der Waals surface area (Å²) in [6.07, 6.45) is 0. The van der Waals surface area contributed by atoms with Crippen molar-refractivity contribution in [3.05, 3.63) is 52.8 Å². The van der Waals surface area contributed by atoms with Crippen LogP contribution in [0, 0.1) is 12.7 Å². The van der Waals surface area contributed by atoms with Crippen molar-refractivity contribution in [2.24, 2.45) is 4.99 Å². The highest BCUT2D eigenvalue weighted by Crippen LogP contribution is 2.38. The van der Waals surface area contributed by atoms with Gasteiger partial charge in [0, 0.05) is 13.1 Å². The normalized spacial score (nSPS) is 11.2. The summed E-state index contributed by atoms with van der Waals surface area (Å²) < 4.78 is 30.3. The van der Waals surface area contributed by atoms with E-state index in [4.69, 9.17) is 14.2 Å². The third kappa shape index (κ3) is 6.27. The van der Waals surface area contributed by atoms with Crippen molar-refractivity contribution >= 4 is 5.96 Å². The Labute approximate surface area is 172 Å². The molecule has 29 heavy (non-hydrogen) atoms. The van der Waals surface area contributed by atoms with E-state index in [0.29, 0.717) is 55.0 Å². The second-order valence-electron chi connectivity index (χ2n) is 6.39. The minimum absolute atomic E-state index is 0.209. The molecule has 2 aromatic rings. The van der Waals surface area contributed by atoms with Gasteiger partial charge in [-0.25, -0.2) is 9.38 Å². The number of aryl methyl sites for hydroxylation is 1. The molecular weight excluding hydrogens is 373 g/mol. The van der Waals surface area contributed by atoms with Gasteiger partial charge in [-0.15, -0.1) is 0 Å². The van der Waals surface area contributed by atoms with Crippen molar-refractivity contribution in [2.75, 3.05) is 27.4 Å². The predicted molar refractivity (Wildman–Crippen MR) is 114 cm³/mol. The van der Waals surface area contributed by atoms with Crippen LogP contribution in [0.3, 0.4) is 0 Å². The summed E-state index contributed by atoms with van der Waals surface area (Å²) in [5, 5.41) is 6.42. The van der Waals surface area contributed by atoms with Crippen LogP contribution in [0.2, 0.25) is 0 Å². The molecule has 0 amide bonds. The molecule has 0 aliphatic carbocycles. The maximum Gasteiger partial charge on any atom is 0.203 e. The van der Waals surface area contributed by atoms with Crippen LogP contribution in [0.15, 0.2) is 35.3 Å². The molecule has 0 aromatic heterocycles. The van der Waals surface area contributed by atoms with Crippen LogP contribution in [0.4, 0.5) is 4.39 Å². The summed E-state index contributed by atoms with van der Waals surface area (Å²) in [5.41, 5.74) is 2.40. The average Bonchev–Trinajstić information content (AvgIpc) is 2.73. The van der Waals surface area contributed by atoms with E-state index >= 15 is 0 Å². The summed E-state index contributed by atoms with van der Waals surface area (Å²) in [6.45, 7) is 7.76. The maximum atomic E-state index is 13.7. The average molecular weight is 403 g/mol. The third-order valence-corrected chi connectivity index (χ3v) is 4.27. The highest BCUT2D eigenvalue weighted by Gasteiger charge is 2.14. The number of guanidine groups is 1. The monoisotopic (exact) mass is 403 g/mol. The molecule has 6 nitrogen and oxygen atoms in total. The molecule has 0 fully saturated rings. The van der Waals surface area contributed by atoms with Crippen molar-refractivity contribution < 1.29 is 18.6 Å². The lowest BCUT2D eigenvalue weighted by Gasteiger charge is -2.15. The van der Waals surface area contributed by atoms with Gasteiger partial charge in [-0.2, -0.15) is 0 Å². The zero-order valence-corrected chi connectivity index (χ0v) is 17.8. The van der Waals surface area contributed by atoms with Gasteiger partial charge in [0.05, 0.1) is 27.4 Å². The van der Waals surface area contributed by atoms with Crippen LogP contribution in [0.1, 0.15) is 30.5 Å². The molecule has 0 aliphatic rings. The fraction of sp³-hybridized carbons (Fsp3) is 0.409. The number of aliphatic imine (C=N–C) groups is 1. The van der Waals surface area contributed by atoms with E-state index in [1.54, 1.807) is 27.2 Å². The first-order valence-electron chi connectivity index (χ1n) is 9.67. The van der Waals surface area contributed by atoms with Gasteiger partial charge >= 0.3 is 0 Å². The Morgan fingerprint density at radius 1 is 1.00 bits per heavy atom. The molecule has 0 bridgehead atoms. The number of hydrogen-bond donors (Lipinski definition) is 2. The Morgan fingerprint density at radius 3 is 2.24 bits per heavy atom. The van der Waals surface area contributed by atoms with Gasteiger partial charge in [0.2, 0.25) is 5.75 Å². The quantitative estimate of drug-likeness (QED) is 0.492. The number of rotatable bonds is 9. The van der Waals surface area contributed by atoms with Crippen LogP contribution in [-0.2, 0) is 13.1 Å². The van der Waals surface area contributed by atoms with Gasteiger partial charge in [-0.3, -0.25) is 0 Å². The fourth-order valence-corrected chi connectivity index (χ4v) is 2.76. The molecule has 0 atom stereocenters. The number of ether oxygens (including phenoxy) is 3. The first-order chi connectivity index (χ1) is 14.0. The van der Waals surface area contributed by atoms with Crippen LogP contribution in [-0.4, -0.2) is 33.3 Å². The van der Waals surface area contributed by atoms with E-state index < -0.39 is 0 Å². The lowest BCUT2D eigenvalue weighted by atomic mass is 10.1. The van der Waals surface area contributed by atoms with Crippen LogP contribution in [0.5, 0.6) is 17.2 Å². The topological polar surface area (TPSA) is 64.1 Å². The Balaban J connectivity index is 2.15. The van der Waals surface area contributed by atoms with E-state index in [1.165, 1.54) is 6.07 Å². The van der Waals surface area contributed by atoms with Crippen LogP contribution in [0.25, 0.3) is 0 Å². The first-order valence-corrected chi connectivity index (χ1v) is 9.67. The summed E-state index contributed by atoms with van der Waals surface area (Å²) in [7, 11) is 3.19. The van der Waals surface area contributed by atoms with E-state index in [2.05, 4.69) is 15.6 Å². The number of benzene rings is 2. The van der Waals surface area contributed by atoms with Gasteiger partial charge in [-0.05, 0) is 55.7 Å². The largest absolute Gasteiger partial charge is 0.493 e. The number of hydrogen-bond acceptors (Lipinski definition) is 4. The molecule has 7 heteroatoms. The summed E-state index contributed by atoms with van der Waals surface area (Å²) in [6, 6.07) is 8.98. The predicted octanol–water partition coefficient (Wildman–Crippen LogP) is 3.81. The molecule has 2 N–H and O–H groups in total. The Bertz CT molecular complexity index is 815. The van der Waals surface area contributed by atoms with E-state index in [0.717, 1.165) is 11.1 Å². The van der Waals surface area contributed by atoms with Gasteiger partial charge < -0.3 is 24.8 Å². The molecule has 0 saturated carbocycles. The Hall–Kier alpha value is -2.96. The minimum atomic E-state index is -0.209. The SMILES string of the molecule is CCNC(=NCc1cc(OC)c(OCC)c(OC)c1)NCc1ccc(C)c(F)c1. The molecular formula is C22H30FN3O3. The lowest BCUT2D eigenvalue weighted by Crippen LogP contribution is -2.36. The van der Waals surface area contributed by atoms with E-state index in [1.807, 2.05) is 32.0 Å². The second kappa shape index (κ2) is 11.1. The highest BCUT2D eigenvalue weighted by molar-refractivity contribution is 5.79. The Kier molecular flexibility index (Phi) is 8.58. The van der Waals surface area contributed by atoms with Crippen molar-refractivity contribution in [2.45, 2.75) is 33.9 Å². The van der Waals surface area contributed by atoms with Gasteiger partial charge in [-0.1, -0.05) is 12.1 Å². The molecule has 0 spiro atoms. The summed E-state index contributed by atoms with van der Waals surface area (Å²) >= 11 is 0. The van der Waals surface area contributed by atoms with Crippen molar-refractivity contribution in [1.29, 1.82) is 0 Å². The standard InChI is InChI=1S/C22H30FN3O3/c1-6-24-22(25-13-16-9-8-15(3)18(23)10-16)26-14-17-11-19(27-4)21(29-7-2)20(12-17)28-5/h8-12H,6-7,13-14H2,1-5H3,(H2,24,25,26). The summed E-state index contributed by atoms with van der Waals surface area (Å²) in [5.74, 6) is 2.21. The molecule has 0 aliphatic heterocycles. The van der Waals surface area contributed by atoms with E-state index in [9.17, 15) is 4.39 Å². The summed E-state index contributed by atoms with van der Waals surface area (Å²) in [4.78, 5) is 4.61. The van der Waals surface area contributed by atoms with Crippen molar-refractivity contribution in [3.63, 3.8) is 0 Å². The fourth-order valence-electron chi connectivity index (χ4n) is 2.76. The van der Waals surface area contributed by atoms with Gasteiger partial charge in [0.1, 0.15) is 5.82 Å². The molecule has 158 valence electrons. The molecule has 0 unspecified atom stereocenters. The number of nitrogens with zero attached hydrogens (tertiary/aromatic N) is 1. The first kappa shape index (κ1) is 22.3. The van der Waals surface area contributed by atoms with Crippen LogP contribution < -0.4 is 24.8 Å². The van der Waals surface area contributed by atoms with Gasteiger partial charge in [0.15, 0.2) is 17.5 Å². The third-order valence-electron chi connectivity index (χ3n) is 4.27. The zero-order valence-electron chi connectivity index (χ0n) is 17.8. The maximum absolute atomic E-state index is 13.7. The zero-order chi connectivity index (χ0) is 21.2. The Morgan fingerprint density at radius 2 is 1.69 bits per heavy atom. The molecule has 0 heterocycles. The van der Waals surface area contributed by atoms with Crippen LogP contribution >= 0.6 is 0 Å². The van der Waals surface area contributed by atoms with Crippen molar-refractivity contribution in [3.8, 4) is 17.2 Å². The highest BCUT2D eigenvalue weighted by atomic mass is 19.1. The number of halogens is 1. The minimum Gasteiger partial charge on any atom is -0.493 e. The van der Waals surface area contributed by atoms with E-state index in [-0.39, 0.29) is 5.82 Å². The van der Waals surface area contributed by atoms with Gasteiger partial charge in [0.25, 0.3) is 0 Å². The molecule has 2 rings (SSSR count). The lowest BCUT2D eigenvalue weighted by molar-refractivity contribution is 0.288.